The van der Waals surface area contributed by atoms with Crippen LogP contribution in [0.25, 0.3) is 10.9 Å². The first kappa shape index (κ1) is 25.9. The smallest absolute Gasteiger partial charge is 0.346 e. The predicted molar refractivity (Wildman–Crippen MR) is 138 cm³/mol. The lowest BCUT2D eigenvalue weighted by molar-refractivity contribution is -0.147. The number of carbonyl (C=O) groups is 1. The van der Waals surface area contributed by atoms with Gasteiger partial charge in [-0.15, -0.1) is 0 Å². The summed E-state index contributed by atoms with van der Waals surface area (Å²) >= 11 is 6.92. The fourth-order valence-electron chi connectivity index (χ4n) is 3.19. The predicted octanol–water partition coefficient (Wildman–Crippen LogP) is 5.27. The first-order valence-corrected chi connectivity index (χ1v) is 12.2. The van der Waals surface area contributed by atoms with E-state index in [0.29, 0.717) is 44.9 Å². The number of methoxy groups -OCH3 is 1. The number of carbonyl (C=O) groups excluding carboxylic acids is 1. The van der Waals surface area contributed by atoms with Gasteiger partial charge in [-0.3, -0.25) is 4.79 Å². The molecule has 10 heteroatoms. The summed E-state index contributed by atoms with van der Waals surface area (Å²) in [5, 5.41) is 4.94. The first-order valence-electron chi connectivity index (χ1n) is 10.6. The molecule has 1 aromatic heterocycles. The maximum absolute atomic E-state index is 13.2. The van der Waals surface area contributed by atoms with E-state index in [1.165, 1.54) is 11.8 Å². The van der Waals surface area contributed by atoms with Gasteiger partial charge >= 0.3 is 5.97 Å². The summed E-state index contributed by atoms with van der Waals surface area (Å²) < 4.78 is 18.9. The molecule has 0 spiro atoms. The van der Waals surface area contributed by atoms with E-state index >= 15 is 0 Å². The Bertz CT molecular complexity index is 1300. The first-order chi connectivity index (χ1) is 16.2. The number of nitrogens with zero attached hydrogens (tertiary/aromatic N) is 3. The number of fused-ring (bicyclic) bond motifs is 1. The summed E-state index contributed by atoms with van der Waals surface area (Å²) in [6.07, 6.45) is 0.740. The van der Waals surface area contributed by atoms with Crippen molar-refractivity contribution in [3.05, 3.63) is 61.0 Å². The van der Waals surface area contributed by atoms with Gasteiger partial charge in [-0.05, 0) is 60.1 Å². The van der Waals surface area contributed by atoms with Crippen LogP contribution >= 0.6 is 31.9 Å². The largest absolute Gasteiger partial charge is 0.490 e. The van der Waals surface area contributed by atoms with E-state index in [0.717, 1.165) is 4.47 Å². The Hall–Kier alpha value is -2.72. The summed E-state index contributed by atoms with van der Waals surface area (Å²) in [6.45, 7) is 7.74. The van der Waals surface area contributed by atoms with Gasteiger partial charge in [0.15, 0.2) is 17.6 Å². The molecule has 0 unspecified atom stereocenters. The third kappa shape index (κ3) is 5.67. The highest BCUT2D eigenvalue weighted by Crippen LogP contribution is 2.34. The monoisotopic (exact) mass is 593 g/mol. The average molecular weight is 595 g/mol. The van der Waals surface area contributed by atoms with Crippen molar-refractivity contribution in [2.75, 3.05) is 13.7 Å². The molecule has 0 bridgehead atoms. The van der Waals surface area contributed by atoms with E-state index in [9.17, 15) is 9.59 Å². The van der Waals surface area contributed by atoms with Gasteiger partial charge < -0.3 is 14.2 Å². The van der Waals surface area contributed by atoms with Gasteiger partial charge in [-0.25, -0.2) is 9.78 Å². The molecule has 1 atom stereocenters. The van der Waals surface area contributed by atoms with Crippen LogP contribution in [-0.2, 0) is 9.53 Å². The molecule has 0 aliphatic heterocycles. The van der Waals surface area contributed by atoms with Crippen molar-refractivity contribution < 1.29 is 19.0 Å². The molecule has 0 saturated heterocycles. The second kappa shape index (κ2) is 11.1. The minimum atomic E-state index is -0.814. The van der Waals surface area contributed by atoms with Crippen molar-refractivity contribution in [1.29, 1.82) is 0 Å². The summed E-state index contributed by atoms with van der Waals surface area (Å²) in [6, 6.07) is 8.80. The molecule has 8 nitrogen and oxygen atoms in total. The van der Waals surface area contributed by atoms with E-state index in [1.807, 2.05) is 26.8 Å². The van der Waals surface area contributed by atoms with Crippen molar-refractivity contribution in [3.8, 4) is 11.5 Å². The van der Waals surface area contributed by atoms with Gasteiger partial charge in [0.05, 0.1) is 30.8 Å². The second-order valence-corrected chi connectivity index (χ2v) is 9.45. The quantitative estimate of drug-likeness (QED) is 0.261. The number of hydrogen-bond acceptors (Lipinski definition) is 7. The van der Waals surface area contributed by atoms with Crippen LogP contribution in [0.2, 0.25) is 0 Å². The van der Waals surface area contributed by atoms with Crippen molar-refractivity contribution >= 4 is 54.9 Å². The van der Waals surface area contributed by atoms with Crippen LogP contribution in [0.3, 0.4) is 0 Å². The van der Waals surface area contributed by atoms with Crippen molar-refractivity contribution in [3.63, 3.8) is 0 Å². The Morgan fingerprint density at radius 1 is 1.18 bits per heavy atom. The highest BCUT2D eigenvalue weighted by molar-refractivity contribution is 9.10. The van der Waals surface area contributed by atoms with Gasteiger partial charge in [-0.2, -0.15) is 9.78 Å². The Labute approximate surface area is 214 Å². The summed E-state index contributed by atoms with van der Waals surface area (Å²) in [5.41, 5.74) is 1.00. The van der Waals surface area contributed by atoms with Crippen LogP contribution in [0.5, 0.6) is 11.5 Å². The summed E-state index contributed by atoms with van der Waals surface area (Å²) in [7, 11) is 1.30. The van der Waals surface area contributed by atoms with E-state index in [1.54, 1.807) is 37.4 Å². The fraction of sp³-hybridized carbons (Fsp3) is 0.333. The lowest BCUT2D eigenvalue weighted by Gasteiger charge is -2.17. The zero-order chi connectivity index (χ0) is 25.0. The van der Waals surface area contributed by atoms with E-state index < -0.39 is 12.1 Å². The SMILES string of the molecule is CCOc1cc(C=Nn2c(C(C)C)nc3ccc(Br)cc3c2=O)c(Br)cc1O[C@H](C)C(=O)OC. The van der Waals surface area contributed by atoms with Gasteiger partial charge in [0, 0.05) is 20.4 Å². The Kier molecular flexibility index (Phi) is 8.48. The molecular formula is C24H25Br2N3O5. The maximum Gasteiger partial charge on any atom is 0.346 e. The topological polar surface area (TPSA) is 92.0 Å². The number of aromatic nitrogens is 2. The van der Waals surface area contributed by atoms with Crippen LogP contribution in [-0.4, -0.2) is 41.7 Å². The van der Waals surface area contributed by atoms with Crippen LogP contribution in [0.1, 0.15) is 45.0 Å². The van der Waals surface area contributed by atoms with Crippen LogP contribution in [0.4, 0.5) is 0 Å². The average Bonchev–Trinajstić information content (AvgIpc) is 2.80. The lowest BCUT2D eigenvalue weighted by atomic mass is 10.2. The number of hydrogen-bond donors (Lipinski definition) is 0. The molecule has 0 fully saturated rings. The van der Waals surface area contributed by atoms with Crippen molar-refractivity contribution in [1.82, 2.24) is 9.66 Å². The molecule has 3 aromatic rings. The molecule has 0 aliphatic rings. The number of esters is 1. The number of benzene rings is 2. The number of ether oxygens (including phenoxy) is 3. The van der Waals surface area contributed by atoms with Crippen LogP contribution < -0.4 is 15.0 Å². The summed E-state index contributed by atoms with van der Waals surface area (Å²) in [5.74, 6) is 0.821. The minimum Gasteiger partial charge on any atom is -0.490 e. The Morgan fingerprint density at radius 3 is 2.56 bits per heavy atom. The molecule has 2 aromatic carbocycles. The van der Waals surface area contributed by atoms with Crippen molar-refractivity contribution in [2.24, 2.45) is 5.10 Å². The van der Waals surface area contributed by atoms with Gasteiger partial charge in [0.2, 0.25) is 0 Å². The van der Waals surface area contributed by atoms with E-state index in [2.05, 4.69) is 41.9 Å². The van der Waals surface area contributed by atoms with E-state index in [-0.39, 0.29) is 11.5 Å². The zero-order valence-corrected chi connectivity index (χ0v) is 22.6. The van der Waals surface area contributed by atoms with Crippen LogP contribution in [0, 0.1) is 0 Å². The normalized spacial score (nSPS) is 12.4. The highest BCUT2D eigenvalue weighted by atomic mass is 79.9. The molecular weight excluding hydrogens is 570 g/mol. The molecule has 0 saturated carbocycles. The molecule has 0 amide bonds. The van der Waals surface area contributed by atoms with Gasteiger partial charge in [0.1, 0.15) is 5.82 Å². The van der Waals surface area contributed by atoms with E-state index in [4.69, 9.17) is 14.2 Å². The highest BCUT2D eigenvalue weighted by Gasteiger charge is 2.19. The fourth-order valence-corrected chi connectivity index (χ4v) is 3.97. The zero-order valence-electron chi connectivity index (χ0n) is 19.5. The molecule has 0 N–H and O–H groups in total. The maximum atomic E-state index is 13.2. The molecule has 34 heavy (non-hydrogen) atoms. The molecule has 180 valence electrons. The molecule has 3 rings (SSSR count). The minimum absolute atomic E-state index is 0.0316. The van der Waals surface area contributed by atoms with Gasteiger partial charge in [0.25, 0.3) is 5.56 Å². The lowest BCUT2D eigenvalue weighted by Crippen LogP contribution is -2.25. The third-order valence-corrected chi connectivity index (χ3v) is 6.04. The molecule has 0 aliphatic carbocycles. The molecule has 0 radical (unpaired) electrons. The third-order valence-electron chi connectivity index (χ3n) is 4.86. The standard InChI is InChI=1S/C24H25Br2N3O5/c1-6-33-20-9-15(18(26)11-21(20)34-14(4)24(31)32-5)12-27-29-22(13(2)3)28-19-8-7-16(25)10-17(19)23(29)30/h7-14H,6H2,1-5H3/t14-/m1/s1. The number of halogens is 2. The van der Waals surface area contributed by atoms with Gasteiger partial charge in [-0.1, -0.05) is 29.8 Å². The Morgan fingerprint density at radius 2 is 1.91 bits per heavy atom. The summed E-state index contributed by atoms with van der Waals surface area (Å²) in [4.78, 5) is 29.7. The second-order valence-electron chi connectivity index (χ2n) is 7.68. The van der Waals surface area contributed by atoms with Crippen LogP contribution in [0.15, 0.2) is 49.2 Å². The van der Waals surface area contributed by atoms with Crippen molar-refractivity contribution in [2.45, 2.75) is 39.7 Å². The Balaban J connectivity index is 2.07. The molecule has 1 heterocycles. The number of rotatable bonds is 8.